The number of nitrogens with zero attached hydrogens (tertiary/aromatic N) is 1. The van der Waals surface area contributed by atoms with Gasteiger partial charge in [0.15, 0.2) is 8.32 Å². The van der Waals surface area contributed by atoms with E-state index in [2.05, 4.69) is 45.8 Å². The lowest BCUT2D eigenvalue weighted by Gasteiger charge is -2.39. The Morgan fingerprint density at radius 1 is 1.38 bits per heavy atom. The van der Waals surface area contributed by atoms with Crippen LogP contribution in [0.5, 0.6) is 0 Å². The van der Waals surface area contributed by atoms with Gasteiger partial charge in [0.05, 0.1) is 12.2 Å². The summed E-state index contributed by atoms with van der Waals surface area (Å²) >= 11 is 0. The highest BCUT2D eigenvalue weighted by atomic mass is 28.4. The van der Waals surface area contributed by atoms with Crippen molar-refractivity contribution in [3.8, 4) is 0 Å². The van der Waals surface area contributed by atoms with Gasteiger partial charge >= 0.3 is 5.69 Å². The molecule has 0 unspecified atom stereocenters. The molecule has 3 atom stereocenters. The number of aryl methyl sites for hydroxylation is 1. The maximum Gasteiger partial charge on any atom is 0.330 e. The molecule has 136 valence electrons. The van der Waals surface area contributed by atoms with Gasteiger partial charge in [0.2, 0.25) is 0 Å². The van der Waals surface area contributed by atoms with E-state index in [1.807, 2.05) is 0 Å². The fourth-order valence-corrected chi connectivity index (χ4v) is 4.07. The Morgan fingerprint density at radius 3 is 2.54 bits per heavy atom. The van der Waals surface area contributed by atoms with Crippen molar-refractivity contribution in [2.75, 3.05) is 0 Å². The van der Waals surface area contributed by atoms with E-state index >= 15 is 0 Å². The van der Waals surface area contributed by atoms with Crippen molar-refractivity contribution in [1.82, 2.24) is 9.55 Å². The Labute approximate surface area is 144 Å². The van der Waals surface area contributed by atoms with Gasteiger partial charge < -0.3 is 9.16 Å². The van der Waals surface area contributed by atoms with Crippen LogP contribution in [0.15, 0.2) is 15.8 Å². The topological polar surface area (TPSA) is 73.3 Å². The van der Waals surface area contributed by atoms with Crippen LogP contribution in [0.1, 0.15) is 52.3 Å². The Kier molecular flexibility index (Phi) is 5.27. The van der Waals surface area contributed by atoms with Crippen molar-refractivity contribution in [1.29, 1.82) is 0 Å². The Bertz CT molecular complexity index is 702. The molecular formula is C17H30N2O4Si. The van der Waals surface area contributed by atoms with Gasteiger partial charge in [-0.1, -0.05) is 27.7 Å². The quantitative estimate of drug-likeness (QED) is 0.844. The lowest BCUT2D eigenvalue weighted by Crippen LogP contribution is -2.45. The third-order valence-electron chi connectivity index (χ3n) is 5.29. The number of aromatic nitrogens is 2. The molecule has 0 amide bonds. The molecule has 2 heterocycles. The molecule has 6 nitrogen and oxygen atoms in total. The Hall–Kier alpha value is -1.18. The summed E-state index contributed by atoms with van der Waals surface area (Å²) in [5.41, 5.74) is -0.284. The van der Waals surface area contributed by atoms with Crippen LogP contribution >= 0.6 is 0 Å². The van der Waals surface area contributed by atoms with Crippen LogP contribution < -0.4 is 11.2 Å². The van der Waals surface area contributed by atoms with Crippen molar-refractivity contribution in [2.45, 2.75) is 84.0 Å². The molecule has 2 rings (SSSR count). The van der Waals surface area contributed by atoms with Gasteiger partial charge in [-0.15, -0.1) is 0 Å². The van der Waals surface area contributed by atoms with Crippen molar-refractivity contribution in [3.05, 3.63) is 32.6 Å². The van der Waals surface area contributed by atoms with E-state index in [4.69, 9.17) is 9.16 Å². The predicted octanol–water partition coefficient (Wildman–Crippen LogP) is 2.93. The van der Waals surface area contributed by atoms with Gasteiger partial charge in [-0.05, 0) is 31.5 Å². The Balaban J connectivity index is 2.25. The van der Waals surface area contributed by atoms with Crippen LogP contribution in [0.4, 0.5) is 0 Å². The molecule has 0 aliphatic carbocycles. The zero-order valence-corrected chi connectivity index (χ0v) is 16.8. The summed E-state index contributed by atoms with van der Waals surface area (Å²) in [6, 6.07) is 0. The largest absolute Gasteiger partial charge is 0.411 e. The second-order valence-electron chi connectivity index (χ2n) is 8.17. The highest BCUT2D eigenvalue weighted by Gasteiger charge is 2.44. The monoisotopic (exact) mass is 354 g/mol. The maximum atomic E-state index is 12.1. The molecule has 0 saturated carbocycles. The van der Waals surface area contributed by atoms with Gasteiger partial charge in [0.1, 0.15) is 6.23 Å². The van der Waals surface area contributed by atoms with Gasteiger partial charge in [-0.3, -0.25) is 14.3 Å². The minimum absolute atomic E-state index is 0.0278. The highest BCUT2D eigenvalue weighted by Crippen LogP contribution is 2.41. The molecule has 1 aromatic heterocycles. The molecule has 0 radical (unpaired) electrons. The molecule has 1 aromatic rings. The number of nitrogens with one attached hydrogen (secondary N) is 1. The van der Waals surface area contributed by atoms with Crippen LogP contribution in [0, 0.1) is 6.92 Å². The zero-order valence-electron chi connectivity index (χ0n) is 15.8. The first-order valence-corrected chi connectivity index (χ1v) is 11.5. The number of hydrogen-bond acceptors (Lipinski definition) is 4. The number of H-pyrrole nitrogens is 1. The third kappa shape index (κ3) is 3.73. The molecular weight excluding hydrogens is 324 g/mol. The van der Waals surface area contributed by atoms with Crippen LogP contribution in [-0.2, 0) is 9.16 Å². The summed E-state index contributed by atoms with van der Waals surface area (Å²) in [6.07, 6.45) is 2.56. The maximum absolute atomic E-state index is 12.1. The summed E-state index contributed by atoms with van der Waals surface area (Å²) in [5, 5.41) is 0.120. The molecule has 1 aliphatic heterocycles. The first-order valence-electron chi connectivity index (χ1n) is 8.61. The summed E-state index contributed by atoms with van der Waals surface area (Å²) < 4.78 is 14.1. The molecule has 1 fully saturated rings. The van der Waals surface area contributed by atoms with Gasteiger partial charge in [0.25, 0.3) is 5.56 Å². The number of ether oxygens (including phenoxy) is 1. The number of aromatic amines is 1. The molecule has 24 heavy (non-hydrogen) atoms. The minimum Gasteiger partial charge on any atom is -0.411 e. The summed E-state index contributed by atoms with van der Waals surface area (Å²) in [7, 11) is -1.92. The smallest absolute Gasteiger partial charge is 0.330 e. The molecule has 1 aliphatic rings. The second kappa shape index (κ2) is 6.61. The zero-order chi connectivity index (χ0) is 18.3. The van der Waals surface area contributed by atoms with Crippen LogP contribution in [0.25, 0.3) is 0 Å². The van der Waals surface area contributed by atoms with Crippen LogP contribution in [-0.4, -0.2) is 30.1 Å². The van der Waals surface area contributed by atoms with Gasteiger partial charge in [0, 0.05) is 18.2 Å². The molecule has 1 N–H and O–H groups in total. The molecule has 7 heteroatoms. The van der Waals surface area contributed by atoms with Crippen molar-refractivity contribution in [2.24, 2.45) is 0 Å². The summed E-state index contributed by atoms with van der Waals surface area (Å²) in [4.78, 5) is 26.0. The average Bonchev–Trinajstić information content (AvgIpc) is 2.83. The normalized spacial score (nSPS) is 25.2. The lowest BCUT2D eigenvalue weighted by atomic mass is 10.1. The fourth-order valence-electron chi connectivity index (χ4n) is 2.71. The van der Waals surface area contributed by atoms with Gasteiger partial charge in [-0.25, -0.2) is 4.79 Å². The third-order valence-corrected chi connectivity index (χ3v) is 9.80. The van der Waals surface area contributed by atoms with Crippen molar-refractivity contribution >= 4 is 8.32 Å². The molecule has 0 bridgehead atoms. The first-order chi connectivity index (χ1) is 11.0. The lowest BCUT2D eigenvalue weighted by molar-refractivity contribution is -0.0198. The first kappa shape index (κ1) is 19.1. The van der Waals surface area contributed by atoms with E-state index in [0.29, 0.717) is 12.0 Å². The van der Waals surface area contributed by atoms with E-state index in [9.17, 15) is 9.59 Å². The number of rotatable bonds is 4. The molecule has 0 spiro atoms. The fraction of sp³-hybridized carbons (Fsp3) is 0.765. The SMILES string of the molecule is CC[C@H]1O[C@@H](n2cc(C)c(=O)[nH]c2=O)C[C@@H]1O[Si](C)(C)C(C)(C)C. The van der Waals surface area contributed by atoms with Gasteiger partial charge in [-0.2, -0.15) is 0 Å². The van der Waals surface area contributed by atoms with Crippen LogP contribution in [0.2, 0.25) is 18.1 Å². The number of hydrogen-bond donors (Lipinski definition) is 1. The van der Waals surface area contributed by atoms with Crippen molar-refractivity contribution in [3.63, 3.8) is 0 Å². The van der Waals surface area contributed by atoms with E-state index in [1.54, 1.807) is 13.1 Å². The average molecular weight is 355 g/mol. The second-order valence-corrected chi connectivity index (χ2v) is 12.9. The van der Waals surface area contributed by atoms with Crippen molar-refractivity contribution < 1.29 is 9.16 Å². The van der Waals surface area contributed by atoms with E-state index in [0.717, 1.165) is 6.42 Å². The minimum atomic E-state index is -1.92. The van der Waals surface area contributed by atoms with E-state index in [-0.39, 0.29) is 22.8 Å². The van der Waals surface area contributed by atoms with Crippen LogP contribution in [0.3, 0.4) is 0 Å². The Morgan fingerprint density at radius 2 is 2.00 bits per heavy atom. The van der Waals surface area contributed by atoms with E-state index < -0.39 is 20.2 Å². The highest BCUT2D eigenvalue weighted by molar-refractivity contribution is 6.74. The van der Waals surface area contributed by atoms with E-state index in [1.165, 1.54) is 4.57 Å². The summed E-state index contributed by atoms with van der Waals surface area (Å²) in [5.74, 6) is 0. The standard InChI is InChI=1S/C17H30N2O4Si/c1-8-12-13(23-24(6,7)17(3,4)5)9-14(22-12)19-10-11(2)15(20)18-16(19)21/h10,12-14H,8-9H2,1-7H3,(H,18,20,21)/t12-,13+,14-/m1/s1. The molecule has 1 saturated heterocycles. The molecule has 0 aromatic carbocycles. The summed E-state index contributed by atoms with van der Waals surface area (Å²) in [6.45, 7) is 14.8. The predicted molar refractivity (Wildman–Crippen MR) is 96.9 cm³/mol.